The Morgan fingerprint density at radius 1 is 1.26 bits per heavy atom. The number of aryl methyl sites for hydroxylation is 2. The summed E-state index contributed by atoms with van der Waals surface area (Å²) < 4.78 is 5.15. The zero-order valence-corrected chi connectivity index (χ0v) is 16.5. The van der Waals surface area contributed by atoms with Gasteiger partial charge in [0.15, 0.2) is 0 Å². The van der Waals surface area contributed by atoms with Gasteiger partial charge in [-0.1, -0.05) is 30.3 Å². The lowest BCUT2D eigenvalue weighted by atomic mass is 10.1. The number of esters is 1. The number of aromatic nitrogens is 2. The molecule has 1 aromatic carbocycles. The van der Waals surface area contributed by atoms with Crippen LogP contribution in [0.15, 0.2) is 30.3 Å². The number of aliphatic hydroxyl groups is 1. The van der Waals surface area contributed by atoms with Crippen molar-refractivity contribution in [2.24, 2.45) is 0 Å². The Morgan fingerprint density at radius 2 is 2.00 bits per heavy atom. The van der Waals surface area contributed by atoms with Crippen LogP contribution in [0.5, 0.6) is 0 Å². The fraction of sp³-hybridized carbons (Fsp3) is 0.350. The summed E-state index contributed by atoms with van der Waals surface area (Å²) in [6.45, 7) is 5.77. The molecule has 2 aromatic heterocycles. The third-order valence-electron chi connectivity index (χ3n) is 4.25. The maximum absolute atomic E-state index is 12.2. The summed E-state index contributed by atoms with van der Waals surface area (Å²) in [5.74, 6) is 0.902. The van der Waals surface area contributed by atoms with Gasteiger partial charge in [-0.2, -0.15) is 0 Å². The monoisotopic (exact) mass is 385 g/mol. The van der Waals surface area contributed by atoms with Gasteiger partial charge in [-0.3, -0.25) is 0 Å². The van der Waals surface area contributed by atoms with Gasteiger partial charge in [-0.25, -0.2) is 14.8 Å². The van der Waals surface area contributed by atoms with Crippen LogP contribution in [0.3, 0.4) is 0 Å². The van der Waals surface area contributed by atoms with Gasteiger partial charge < -0.3 is 15.2 Å². The van der Waals surface area contributed by atoms with E-state index in [9.17, 15) is 9.90 Å². The quantitative estimate of drug-likeness (QED) is 0.606. The molecule has 0 aliphatic heterocycles. The number of benzene rings is 1. The smallest absolute Gasteiger partial charge is 0.348 e. The van der Waals surface area contributed by atoms with Crippen LogP contribution in [0.4, 0.5) is 5.82 Å². The van der Waals surface area contributed by atoms with Crippen molar-refractivity contribution in [3.05, 3.63) is 52.2 Å². The molecule has 0 radical (unpaired) electrons. The van der Waals surface area contributed by atoms with Gasteiger partial charge in [0, 0.05) is 0 Å². The van der Waals surface area contributed by atoms with E-state index in [0.29, 0.717) is 29.5 Å². The maximum atomic E-state index is 12.2. The van der Waals surface area contributed by atoms with E-state index in [1.807, 2.05) is 44.2 Å². The normalized spacial score (nSPS) is 12.1. The van der Waals surface area contributed by atoms with Crippen molar-refractivity contribution in [1.82, 2.24) is 9.97 Å². The summed E-state index contributed by atoms with van der Waals surface area (Å²) >= 11 is 1.31. The predicted molar refractivity (Wildman–Crippen MR) is 107 cm³/mol. The Bertz CT molecular complexity index is 941. The molecule has 2 heterocycles. The van der Waals surface area contributed by atoms with E-state index in [-0.39, 0.29) is 18.6 Å². The Balaban J connectivity index is 1.96. The van der Waals surface area contributed by atoms with Crippen LogP contribution < -0.4 is 5.32 Å². The molecule has 142 valence electrons. The van der Waals surface area contributed by atoms with Crippen molar-refractivity contribution in [2.45, 2.75) is 33.2 Å². The molecule has 0 saturated carbocycles. The van der Waals surface area contributed by atoms with Crippen molar-refractivity contribution < 1.29 is 14.6 Å². The van der Waals surface area contributed by atoms with Crippen LogP contribution in [-0.2, 0) is 11.2 Å². The SMILES string of the molecule is CCOC(=O)c1sc2nc(C)nc(NC(CO)Cc3ccccc3)c2c1C. The number of ether oxygens (including phenoxy) is 1. The third-order valence-corrected chi connectivity index (χ3v) is 5.41. The van der Waals surface area contributed by atoms with Crippen LogP contribution in [-0.4, -0.2) is 40.3 Å². The Labute approximate surface area is 162 Å². The molecule has 3 rings (SSSR count). The fourth-order valence-corrected chi connectivity index (χ4v) is 4.11. The minimum atomic E-state index is -0.343. The zero-order valence-electron chi connectivity index (χ0n) is 15.7. The molecular weight excluding hydrogens is 362 g/mol. The lowest BCUT2D eigenvalue weighted by Crippen LogP contribution is -2.27. The first-order valence-corrected chi connectivity index (χ1v) is 9.71. The van der Waals surface area contributed by atoms with E-state index in [1.165, 1.54) is 11.3 Å². The van der Waals surface area contributed by atoms with Crippen LogP contribution in [0.1, 0.15) is 33.5 Å². The fourth-order valence-electron chi connectivity index (χ4n) is 2.99. The summed E-state index contributed by atoms with van der Waals surface area (Å²) in [5.41, 5.74) is 1.92. The number of thiophene rings is 1. The van der Waals surface area contributed by atoms with Crippen LogP contribution in [0.25, 0.3) is 10.2 Å². The molecule has 0 saturated heterocycles. The molecule has 2 N–H and O–H groups in total. The van der Waals surface area contributed by atoms with Gasteiger partial charge in [0.2, 0.25) is 0 Å². The number of nitrogens with zero attached hydrogens (tertiary/aromatic N) is 2. The molecule has 0 aliphatic carbocycles. The minimum Gasteiger partial charge on any atom is -0.462 e. The number of hydrogen-bond acceptors (Lipinski definition) is 7. The summed E-state index contributed by atoms with van der Waals surface area (Å²) in [7, 11) is 0. The molecule has 3 aromatic rings. The number of carbonyl (C=O) groups is 1. The molecular formula is C20H23N3O3S. The second kappa shape index (κ2) is 8.45. The minimum absolute atomic E-state index is 0.0344. The van der Waals surface area contributed by atoms with E-state index in [2.05, 4.69) is 15.3 Å². The number of hydrogen-bond donors (Lipinski definition) is 2. The van der Waals surface area contributed by atoms with Crippen LogP contribution in [0, 0.1) is 13.8 Å². The molecule has 0 spiro atoms. The second-order valence-electron chi connectivity index (χ2n) is 6.29. The van der Waals surface area contributed by atoms with E-state index < -0.39 is 0 Å². The molecule has 0 fully saturated rings. The van der Waals surface area contributed by atoms with Gasteiger partial charge >= 0.3 is 5.97 Å². The van der Waals surface area contributed by atoms with Gasteiger partial charge in [0.1, 0.15) is 21.3 Å². The van der Waals surface area contributed by atoms with E-state index >= 15 is 0 Å². The second-order valence-corrected chi connectivity index (χ2v) is 7.29. The number of aliphatic hydroxyl groups excluding tert-OH is 1. The lowest BCUT2D eigenvalue weighted by molar-refractivity contribution is 0.0531. The number of anilines is 1. The average Bonchev–Trinajstić information content (AvgIpc) is 2.98. The number of rotatable bonds is 7. The van der Waals surface area contributed by atoms with Crippen molar-refractivity contribution in [3.63, 3.8) is 0 Å². The van der Waals surface area contributed by atoms with E-state index in [4.69, 9.17) is 4.74 Å². The topological polar surface area (TPSA) is 84.3 Å². The third kappa shape index (κ3) is 4.26. The van der Waals surface area contributed by atoms with Crippen LogP contribution >= 0.6 is 11.3 Å². The number of carbonyl (C=O) groups excluding carboxylic acids is 1. The first-order valence-electron chi connectivity index (χ1n) is 8.89. The van der Waals surface area contributed by atoms with Crippen molar-refractivity contribution in [1.29, 1.82) is 0 Å². The summed E-state index contributed by atoms with van der Waals surface area (Å²) in [6, 6.07) is 9.78. The van der Waals surface area contributed by atoms with Crippen molar-refractivity contribution >= 4 is 33.3 Å². The first kappa shape index (κ1) is 19.3. The largest absolute Gasteiger partial charge is 0.462 e. The molecule has 27 heavy (non-hydrogen) atoms. The molecule has 1 atom stereocenters. The summed E-state index contributed by atoms with van der Waals surface area (Å²) in [5, 5.41) is 14.0. The highest BCUT2D eigenvalue weighted by molar-refractivity contribution is 7.20. The molecule has 6 nitrogen and oxygen atoms in total. The highest BCUT2D eigenvalue weighted by Gasteiger charge is 2.22. The van der Waals surface area contributed by atoms with E-state index in [1.54, 1.807) is 6.92 Å². The zero-order chi connectivity index (χ0) is 19.4. The highest BCUT2D eigenvalue weighted by Crippen LogP contribution is 2.34. The molecule has 1 unspecified atom stereocenters. The predicted octanol–water partition coefficient (Wildman–Crippen LogP) is 3.50. The van der Waals surface area contributed by atoms with Gasteiger partial charge in [0.05, 0.1) is 24.6 Å². The van der Waals surface area contributed by atoms with E-state index in [0.717, 1.165) is 21.3 Å². The summed E-state index contributed by atoms with van der Waals surface area (Å²) in [4.78, 5) is 22.5. The van der Waals surface area contributed by atoms with Gasteiger partial charge in [-0.05, 0) is 38.3 Å². The average molecular weight is 385 g/mol. The van der Waals surface area contributed by atoms with Gasteiger partial charge in [-0.15, -0.1) is 11.3 Å². The molecule has 7 heteroatoms. The Kier molecular flexibility index (Phi) is 6.03. The number of fused-ring (bicyclic) bond motifs is 1. The first-order chi connectivity index (χ1) is 13.0. The Morgan fingerprint density at radius 3 is 2.67 bits per heavy atom. The van der Waals surface area contributed by atoms with Crippen molar-refractivity contribution in [2.75, 3.05) is 18.5 Å². The molecule has 0 bridgehead atoms. The standard InChI is InChI=1S/C20H23N3O3S/c1-4-26-20(25)17-12(2)16-18(21-13(3)22-19(16)27-17)23-15(11-24)10-14-8-6-5-7-9-14/h5-9,15,24H,4,10-11H2,1-3H3,(H,21,22,23). The van der Waals surface area contributed by atoms with Crippen molar-refractivity contribution in [3.8, 4) is 0 Å². The molecule has 0 amide bonds. The van der Waals surface area contributed by atoms with Gasteiger partial charge in [0.25, 0.3) is 0 Å². The Hall–Kier alpha value is -2.51. The summed E-state index contributed by atoms with van der Waals surface area (Å²) in [6.07, 6.45) is 0.663. The van der Waals surface area contributed by atoms with Crippen LogP contribution in [0.2, 0.25) is 0 Å². The highest BCUT2D eigenvalue weighted by atomic mass is 32.1. The maximum Gasteiger partial charge on any atom is 0.348 e. The molecule has 0 aliphatic rings. The number of nitrogens with one attached hydrogen (secondary N) is 1. The lowest BCUT2D eigenvalue weighted by Gasteiger charge is -2.18.